The van der Waals surface area contributed by atoms with E-state index in [0.717, 1.165) is 157 Å². The maximum Gasteiger partial charge on any atom is 0.257 e. The van der Waals surface area contributed by atoms with E-state index < -0.39 is 11.8 Å². The summed E-state index contributed by atoms with van der Waals surface area (Å²) in [5, 5.41) is 46.4. The van der Waals surface area contributed by atoms with Gasteiger partial charge in [-0.1, -0.05) is 179 Å². The lowest BCUT2D eigenvalue weighted by atomic mass is 9.96. The number of amidine groups is 4. The molecule has 8 N–H and O–H groups in total. The number of carbonyl (C=O) groups excluding carboxylic acids is 8. The molecule has 12 aromatic rings. The van der Waals surface area contributed by atoms with E-state index in [2.05, 4.69) is 87.8 Å². The Balaban J connectivity index is 0.000000153. The molecule has 136 heavy (non-hydrogen) atoms. The van der Waals surface area contributed by atoms with E-state index in [1.165, 1.54) is 25.2 Å². The van der Waals surface area contributed by atoms with E-state index in [-0.39, 0.29) is 60.6 Å². The van der Waals surface area contributed by atoms with Gasteiger partial charge in [0.25, 0.3) is 23.6 Å². The van der Waals surface area contributed by atoms with E-state index in [9.17, 15) is 38.4 Å². The Morgan fingerprint density at radius 1 is 0.287 bits per heavy atom. The Morgan fingerprint density at radius 3 is 0.794 bits per heavy atom. The number of amides is 4. The first-order valence-electron chi connectivity index (χ1n) is 44.8. The first-order valence-corrected chi connectivity index (χ1v) is 47.9. The third-order valence-electron chi connectivity index (χ3n) is 23.6. The molecular weight excluding hydrogens is 1930 g/mol. The van der Waals surface area contributed by atoms with Crippen LogP contribution < -0.4 is 21.3 Å². The van der Waals surface area contributed by atoms with Crippen LogP contribution in [0.3, 0.4) is 0 Å². The fraction of sp³-hybridized carbons (Fsp3) is 0.245. The summed E-state index contributed by atoms with van der Waals surface area (Å²) in [6.45, 7) is 14.7. The number of rotatable bonds is 24. The summed E-state index contributed by atoms with van der Waals surface area (Å²) in [4.78, 5) is 129. The zero-order chi connectivity index (χ0) is 96.6. The van der Waals surface area contributed by atoms with Gasteiger partial charge in [-0.15, -0.1) is 0 Å². The Bertz CT molecular complexity index is 6430. The van der Waals surface area contributed by atoms with Crippen molar-refractivity contribution in [3.8, 4) is 0 Å². The summed E-state index contributed by atoms with van der Waals surface area (Å²) < 4.78 is 1.65. The van der Waals surface area contributed by atoms with Gasteiger partial charge in [0.15, 0.2) is 23.1 Å². The lowest BCUT2D eigenvalue weighted by molar-refractivity contribution is 0.0980. The first-order chi connectivity index (χ1) is 65.4. The number of carbonyl (C=O) groups is 8. The standard InChI is InChI=1S/C27H27BrN4O2.C27H26Cl2N4O2.C26H25BrN4O2.C26H24Cl2N4O2/c1-18-5-6-21(23(15-18)27(34)31-25-12-11-22(28)17-30-25)16-24(33)19-7-9-20(10-8-19)26(29)32-13-3-2-4-14-32;1-17-13-22(27(35)32-25-10-9-20(28)16-31-25)21(23(29)14-17)15-24(34)18-5-7-19(8-6-18)26(30)33-11-3-2-4-12-33;1-17-4-5-20(22(14-17)26(33)30-24-11-10-21(27)16-29-24)15-23(32)18-6-8-19(9-7-18)25(28)31-12-2-3-13-31;1-16-12-21(26(34)31-24-9-8-19(27)15-30-24)20(22(28)13-16)14-23(33)17-4-6-18(7-5-17)25(29)32-10-2-3-11-32/h5-12,15,17,29H,2-4,13-14,16H2,1H3,(H,30,31,34);5-10,13-14,16,30H,2-4,11-12,15H2,1H3,(H,31,32,35);4-11,14,16,28H,2-3,12-13,15H2,1H3,(H,29,30,33);4-9,12-13,15,29H,2-3,10-11,14H2,1H3,(H,30,31,34). The molecule has 0 aliphatic carbocycles. The van der Waals surface area contributed by atoms with Crippen molar-refractivity contribution < 1.29 is 38.4 Å². The third kappa shape index (κ3) is 27.6. The number of anilines is 4. The summed E-state index contributed by atoms with van der Waals surface area (Å²) in [6, 6.07) is 60.0. The maximum atomic E-state index is 13.1. The first kappa shape index (κ1) is 100. The van der Waals surface area contributed by atoms with E-state index in [1.54, 1.807) is 170 Å². The molecule has 8 heterocycles. The van der Waals surface area contributed by atoms with Gasteiger partial charge >= 0.3 is 0 Å². The molecule has 4 aromatic heterocycles. The molecule has 4 aliphatic rings. The van der Waals surface area contributed by atoms with Crippen LogP contribution in [0.5, 0.6) is 0 Å². The summed E-state index contributed by atoms with van der Waals surface area (Å²) in [5.41, 5.74) is 12.6. The highest BCUT2D eigenvalue weighted by Gasteiger charge is 2.27. The number of nitrogens with zero attached hydrogens (tertiary/aromatic N) is 8. The minimum atomic E-state index is -0.405. The van der Waals surface area contributed by atoms with Crippen molar-refractivity contribution >= 4 is 172 Å². The molecule has 4 fully saturated rings. The van der Waals surface area contributed by atoms with Gasteiger partial charge in [0.1, 0.15) is 46.6 Å². The number of Topliss-reactive ketones (excluding diaryl/α,β-unsaturated/α-hetero) is 4. The second-order valence-corrected chi connectivity index (χ2v) is 37.2. The molecule has 696 valence electrons. The molecule has 0 unspecified atom stereocenters. The van der Waals surface area contributed by atoms with Gasteiger partial charge in [-0.3, -0.25) is 60.0 Å². The van der Waals surface area contributed by atoms with Crippen LogP contribution in [0.25, 0.3) is 0 Å². The van der Waals surface area contributed by atoms with Crippen LogP contribution in [0.1, 0.15) is 214 Å². The molecule has 0 atom stereocenters. The number of hydrogen-bond donors (Lipinski definition) is 8. The number of halogens is 6. The van der Waals surface area contributed by atoms with Crippen LogP contribution in [-0.4, -0.2) is 162 Å². The van der Waals surface area contributed by atoms with Crippen LogP contribution in [0.15, 0.2) is 240 Å². The van der Waals surface area contributed by atoms with Gasteiger partial charge < -0.3 is 40.9 Å². The van der Waals surface area contributed by atoms with Gasteiger partial charge in [0.2, 0.25) is 0 Å². The average Bonchev–Trinajstić information content (AvgIpc) is 1.01. The lowest BCUT2D eigenvalue weighted by Gasteiger charge is -2.29. The summed E-state index contributed by atoms with van der Waals surface area (Å²) in [5.74, 6) is 1.68. The van der Waals surface area contributed by atoms with Gasteiger partial charge in [-0.2, -0.15) is 0 Å². The molecule has 4 aliphatic heterocycles. The molecule has 24 nitrogen and oxygen atoms in total. The van der Waals surface area contributed by atoms with Crippen molar-refractivity contribution in [2.24, 2.45) is 0 Å². The predicted octanol–water partition coefficient (Wildman–Crippen LogP) is 22.9. The normalized spacial score (nSPS) is 13.2. The zero-order valence-corrected chi connectivity index (χ0v) is 81.8. The highest BCUT2D eigenvalue weighted by atomic mass is 79.9. The second kappa shape index (κ2) is 47.9. The monoisotopic (exact) mass is 2020 g/mol. The summed E-state index contributed by atoms with van der Waals surface area (Å²) in [6.07, 6.45) is 17.5. The Labute approximate surface area is 827 Å². The quantitative estimate of drug-likeness (QED) is 0.0158. The van der Waals surface area contributed by atoms with E-state index in [0.29, 0.717) is 133 Å². The molecule has 0 spiro atoms. The van der Waals surface area contributed by atoms with Crippen LogP contribution >= 0.6 is 78.3 Å². The predicted molar refractivity (Wildman–Crippen MR) is 547 cm³/mol. The van der Waals surface area contributed by atoms with Crippen molar-refractivity contribution in [2.75, 3.05) is 73.6 Å². The van der Waals surface area contributed by atoms with Gasteiger partial charge in [-0.25, -0.2) is 19.9 Å². The maximum absolute atomic E-state index is 13.1. The van der Waals surface area contributed by atoms with Gasteiger partial charge in [0.05, 0.1) is 10.0 Å². The number of nitrogens with one attached hydrogen (secondary N) is 8. The van der Waals surface area contributed by atoms with Crippen molar-refractivity contribution in [1.29, 1.82) is 21.6 Å². The Kier molecular flexibility index (Phi) is 35.4. The average molecular weight is 2030 g/mol. The van der Waals surface area contributed by atoms with Crippen molar-refractivity contribution in [2.45, 2.75) is 118 Å². The number of likely N-dealkylation sites (tertiary alicyclic amines) is 4. The molecule has 30 heteroatoms. The summed E-state index contributed by atoms with van der Waals surface area (Å²) >= 11 is 31.4. The topological polar surface area (TPSA) is 345 Å². The number of pyridine rings is 4. The third-order valence-corrected chi connectivity index (χ3v) is 25.6. The minimum absolute atomic E-state index is 0.0289. The SMILES string of the molecule is Cc1cc(Cl)c(CC(=O)c2ccc(C(=N)N3CCCC3)cc2)c(C(=O)Nc2ccc(Cl)cn2)c1.Cc1cc(Cl)c(CC(=O)c2ccc(C(=N)N3CCCCC3)cc2)c(C(=O)Nc2ccc(Cl)cn2)c1.Cc1ccc(CC(=O)c2ccc(C(=N)N3CCCC3)cc2)c(C(=O)Nc2ccc(Br)cn2)c1.Cc1ccc(CC(=O)c2ccc(C(=N)N3CCCCC3)cc2)c(C(=O)Nc2ccc(Br)cn2)c1. The number of hydrogen-bond acceptors (Lipinski definition) is 16. The number of aryl methyl sites for hydroxylation is 4. The molecule has 4 saturated heterocycles. The van der Waals surface area contributed by atoms with E-state index >= 15 is 0 Å². The molecule has 4 amide bonds. The van der Waals surface area contributed by atoms with E-state index in [1.807, 2.05) is 81.1 Å². The molecule has 8 aromatic carbocycles. The second-order valence-electron chi connectivity index (χ2n) is 33.7. The van der Waals surface area contributed by atoms with Gasteiger partial charge in [0, 0.05) is 189 Å². The lowest BCUT2D eigenvalue weighted by Crippen LogP contribution is -2.35. The smallest absolute Gasteiger partial charge is 0.257 e. The molecule has 0 bridgehead atoms. The summed E-state index contributed by atoms with van der Waals surface area (Å²) in [7, 11) is 0. The van der Waals surface area contributed by atoms with E-state index in [4.69, 9.17) is 68.0 Å². The molecule has 0 saturated carbocycles. The fourth-order valence-electron chi connectivity index (χ4n) is 16.1. The Morgan fingerprint density at radius 2 is 0.529 bits per heavy atom. The highest BCUT2D eigenvalue weighted by molar-refractivity contribution is 9.10. The number of benzene rings is 8. The zero-order valence-electron chi connectivity index (χ0n) is 75.6. The van der Waals surface area contributed by atoms with Crippen LogP contribution in [-0.2, 0) is 25.7 Å². The molecule has 0 radical (unpaired) electrons. The van der Waals surface area contributed by atoms with Crippen molar-refractivity contribution in [3.05, 3.63) is 371 Å². The van der Waals surface area contributed by atoms with Gasteiger partial charge in [-0.05, 0) is 242 Å². The van der Waals surface area contributed by atoms with Crippen LogP contribution in [0.4, 0.5) is 23.3 Å². The largest absolute Gasteiger partial charge is 0.357 e. The highest BCUT2D eigenvalue weighted by Crippen LogP contribution is 2.31. The molecule has 16 rings (SSSR count). The van der Waals surface area contributed by atoms with Crippen molar-refractivity contribution in [1.82, 2.24) is 39.5 Å². The number of piperidine rings is 2. The van der Waals surface area contributed by atoms with Crippen molar-refractivity contribution in [3.63, 3.8) is 0 Å². The van der Waals surface area contributed by atoms with Crippen LogP contribution in [0.2, 0.25) is 20.1 Å². The number of ketones is 4. The fourth-order valence-corrected chi connectivity index (χ4v) is 17.5. The Hall–Kier alpha value is -13.1. The molecular formula is C106H102Br2Cl4N16O8. The minimum Gasteiger partial charge on any atom is -0.357 e. The van der Waals surface area contributed by atoms with Crippen LogP contribution in [0, 0.1) is 49.3 Å². The number of aromatic nitrogens is 4.